The molecule has 1 unspecified atom stereocenters. The Labute approximate surface area is 169 Å². The molecule has 2 aromatic carbocycles. The number of amides is 1. The first-order valence-electron chi connectivity index (χ1n) is 9.36. The van der Waals surface area contributed by atoms with Crippen LogP contribution in [0, 0.1) is 18.8 Å². The van der Waals surface area contributed by atoms with Crippen LogP contribution in [0.5, 0.6) is 0 Å². The highest BCUT2D eigenvalue weighted by Gasteiger charge is 2.43. The Balaban J connectivity index is 1.72. The number of aryl methyl sites for hydroxylation is 1. The van der Waals surface area contributed by atoms with Crippen molar-refractivity contribution in [3.05, 3.63) is 72.6 Å². The summed E-state index contributed by atoms with van der Waals surface area (Å²) in [6, 6.07) is 13.8. The van der Waals surface area contributed by atoms with Gasteiger partial charge >= 0.3 is 0 Å². The molecule has 5 heteroatoms. The number of hydrogen-bond donors (Lipinski definition) is 2. The molecule has 1 aliphatic rings. The van der Waals surface area contributed by atoms with Crippen LogP contribution in [-0.2, 0) is 4.79 Å². The average molecular weight is 383 g/mol. The summed E-state index contributed by atoms with van der Waals surface area (Å²) in [5, 5.41) is 12.5. The molecule has 1 atom stereocenters. The number of aromatic nitrogens is 1. The minimum Gasteiger partial charge on any atom is -0.383 e. The smallest absolute Gasteiger partial charge is 0.271 e. The van der Waals surface area contributed by atoms with Gasteiger partial charge in [-0.25, -0.2) is 4.98 Å². The van der Waals surface area contributed by atoms with Crippen molar-refractivity contribution in [1.82, 2.24) is 9.88 Å². The molecule has 144 valence electrons. The van der Waals surface area contributed by atoms with Crippen molar-refractivity contribution >= 4 is 22.5 Å². The van der Waals surface area contributed by atoms with Gasteiger partial charge < -0.3 is 15.7 Å². The lowest BCUT2D eigenvalue weighted by atomic mass is 9.95. The van der Waals surface area contributed by atoms with Gasteiger partial charge in [-0.05, 0) is 59.5 Å². The third kappa shape index (κ3) is 3.35. The van der Waals surface area contributed by atoms with Crippen LogP contribution in [0.3, 0.4) is 0 Å². The molecule has 1 saturated heterocycles. The lowest BCUT2D eigenvalue weighted by molar-refractivity contribution is -0.136. The number of carbonyl (C=O) groups excluding carboxylic acids is 1. The summed E-state index contributed by atoms with van der Waals surface area (Å²) in [4.78, 5) is 17.8. The molecule has 2 heterocycles. The number of aliphatic hydroxyl groups is 1. The molecule has 0 spiro atoms. The monoisotopic (exact) mass is 383 g/mol. The van der Waals surface area contributed by atoms with Crippen molar-refractivity contribution in [1.29, 1.82) is 0 Å². The second kappa shape index (κ2) is 7.08. The molecule has 0 aliphatic carbocycles. The number of likely N-dealkylation sites (tertiary alicyclic amines) is 1. The van der Waals surface area contributed by atoms with E-state index in [1.807, 2.05) is 49.4 Å². The molecule has 29 heavy (non-hydrogen) atoms. The summed E-state index contributed by atoms with van der Waals surface area (Å²) in [6.45, 7) is 6.03. The van der Waals surface area contributed by atoms with Gasteiger partial charge in [-0.3, -0.25) is 4.79 Å². The molecule has 3 aromatic rings. The number of rotatable bonds is 2. The van der Waals surface area contributed by atoms with Gasteiger partial charge in [-0.2, -0.15) is 0 Å². The second-order valence-corrected chi connectivity index (χ2v) is 7.20. The molecule has 4 rings (SSSR count). The van der Waals surface area contributed by atoms with Crippen LogP contribution < -0.4 is 5.73 Å². The molecule has 0 radical (unpaired) electrons. The number of anilines is 1. The van der Waals surface area contributed by atoms with E-state index in [9.17, 15) is 9.90 Å². The van der Waals surface area contributed by atoms with Crippen LogP contribution in [0.25, 0.3) is 21.9 Å². The fourth-order valence-electron chi connectivity index (χ4n) is 3.56. The topological polar surface area (TPSA) is 79.4 Å². The van der Waals surface area contributed by atoms with E-state index in [4.69, 9.17) is 5.73 Å². The van der Waals surface area contributed by atoms with Crippen LogP contribution in [-0.4, -0.2) is 33.0 Å². The molecule has 1 amide bonds. The van der Waals surface area contributed by atoms with Crippen molar-refractivity contribution in [3.8, 4) is 23.0 Å². The number of benzene rings is 2. The Hall–Kier alpha value is -3.62. The van der Waals surface area contributed by atoms with Crippen molar-refractivity contribution in [2.24, 2.45) is 0 Å². The van der Waals surface area contributed by atoms with Crippen LogP contribution in [0.15, 0.2) is 61.4 Å². The van der Waals surface area contributed by atoms with Crippen LogP contribution in [0.2, 0.25) is 0 Å². The third-order valence-corrected chi connectivity index (χ3v) is 5.31. The Morgan fingerprint density at radius 3 is 2.86 bits per heavy atom. The largest absolute Gasteiger partial charge is 0.383 e. The maximum absolute atomic E-state index is 12.3. The summed E-state index contributed by atoms with van der Waals surface area (Å²) < 4.78 is 0. The quantitative estimate of drug-likeness (QED) is 0.666. The summed E-state index contributed by atoms with van der Waals surface area (Å²) in [6.07, 6.45) is 3.38. The number of nitrogens with zero attached hydrogens (tertiary/aromatic N) is 2. The first-order chi connectivity index (χ1) is 13.9. The third-order valence-electron chi connectivity index (χ3n) is 5.31. The molecule has 3 N–H and O–H groups in total. The van der Waals surface area contributed by atoms with Crippen molar-refractivity contribution in [2.75, 3.05) is 12.3 Å². The predicted octanol–water partition coefficient (Wildman–Crippen LogP) is 3.25. The van der Waals surface area contributed by atoms with Crippen LogP contribution in [0.1, 0.15) is 17.5 Å². The molecule has 5 nitrogen and oxygen atoms in total. The Morgan fingerprint density at radius 1 is 1.28 bits per heavy atom. The number of nitrogen functional groups attached to an aromatic ring is 1. The summed E-state index contributed by atoms with van der Waals surface area (Å²) in [5.41, 5.74) is 8.20. The van der Waals surface area contributed by atoms with E-state index in [0.29, 0.717) is 12.4 Å². The molecule has 1 fully saturated rings. The average Bonchev–Trinajstić information content (AvgIpc) is 3.02. The predicted molar refractivity (Wildman–Crippen MR) is 115 cm³/mol. The zero-order valence-corrected chi connectivity index (χ0v) is 16.1. The van der Waals surface area contributed by atoms with Crippen LogP contribution in [0.4, 0.5) is 5.82 Å². The number of nitrogens with two attached hydrogens (primary N) is 1. The number of hydrogen-bond acceptors (Lipinski definition) is 4. The van der Waals surface area contributed by atoms with Gasteiger partial charge in [0.15, 0.2) is 0 Å². The fourth-order valence-corrected chi connectivity index (χ4v) is 3.56. The van der Waals surface area contributed by atoms with E-state index in [1.54, 1.807) is 6.20 Å². The summed E-state index contributed by atoms with van der Waals surface area (Å²) in [7, 11) is 0. The van der Waals surface area contributed by atoms with Crippen molar-refractivity contribution in [2.45, 2.75) is 18.9 Å². The SMILES string of the molecule is C=CN1CCC(O)(C#Cc2ccc(C)c(-c3ccc4ccnc(N)c4c3)c2)C1=O. The van der Waals surface area contributed by atoms with Gasteiger partial charge in [0, 0.05) is 30.1 Å². The summed E-state index contributed by atoms with van der Waals surface area (Å²) in [5.74, 6) is 5.80. The number of carbonyl (C=O) groups is 1. The van der Waals surface area contributed by atoms with Crippen molar-refractivity contribution in [3.63, 3.8) is 0 Å². The minimum atomic E-state index is -1.66. The first kappa shape index (κ1) is 18.7. The molecule has 0 saturated carbocycles. The van der Waals surface area contributed by atoms with E-state index in [-0.39, 0.29) is 6.42 Å². The van der Waals surface area contributed by atoms with Crippen LogP contribution >= 0.6 is 0 Å². The minimum absolute atomic E-state index is 0.264. The van der Waals surface area contributed by atoms with Gasteiger partial charge in [0.2, 0.25) is 5.60 Å². The maximum atomic E-state index is 12.3. The molecular weight excluding hydrogens is 362 g/mol. The van der Waals surface area contributed by atoms with E-state index in [1.165, 1.54) is 11.1 Å². The zero-order valence-electron chi connectivity index (χ0n) is 16.1. The van der Waals surface area contributed by atoms with Gasteiger partial charge in [0.05, 0.1) is 0 Å². The Kier molecular flexibility index (Phi) is 4.57. The van der Waals surface area contributed by atoms with E-state index >= 15 is 0 Å². The van der Waals surface area contributed by atoms with Gasteiger partial charge in [0.1, 0.15) is 5.82 Å². The maximum Gasteiger partial charge on any atom is 0.271 e. The zero-order chi connectivity index (χ0) is 20.6. The van der Waals surface area contributed by atoms with E-state index in [0.717, 1.165) is 33.0 Å². The highest BCUT2D eigenvalue weighted by Crippen LogP contribution is 2.30. The fraction of sp³-hybridized carbons (Fsp3) is 0.167. The second-order valence-electron chi connectivity index (χ2n) is 7.20. The van der Waals surface area contributed by atoms with Crippen molar-refractivity contribution < 1.29 is 9.90 Å². The normalized spacial score (nSPS) is 18.6. The molecule has 0 bridgehead atoms. The molecule has 1 aliphatic heterocycles. The van der Waals surface area contributed by atoms with Gasteiger partial charge in [-0.15, -0.1) is 0 Å². The van der Waals surface area contributed by atoms with Gasteiger partial charge in [0.25, 0.3) is 5.91 Å². The van der Waals surface area contributed by atoms with Gasteiger partial charge in [-0.1, -0.05) is 36.6 Å². The van der Waals surface area contributed by atoms with E-state index < -0.39 is 11.5 Å². The number of fused-ring (bicyclic) bond motifs is 1. The lowest BCUT2D eigenvalue weighted by Crippen LogP contribution is -2.36. The Morgan fingerprint density at radius 2 is 2.10 bits per heavy atom. The Bertz CT molecular complexity index is 1210. The highest BCUT2D eigenvalue weighted by atomic mass is 16.3. The molecular formula is C24H21N3O2. The highest BCUT2D eigenvalue weighted by molar-refractivity contribution is 5.94. The molecule has 1 aromatic heterocycles. The standard InChI is InChI=1S/C24H21N3O2/c1-3-27-13-11-24(29,23(27)28)10-8-17-5-4-16(2)20(14-17)19-7-6-18-9-12-26-22(25)21(18)15-19/h3-7,9,12,14-15,29H,1,11,13H2,2H3,(H2,25,26). The summed E-state index contributed by atoms with van der Waals surface area (Å²) >= 11 is 0. The number of pyridine rings is 1. The lowest BCUT2D eigenvalue weighted by Gasteiger charge is -2.14. The van der Waals surface area contributed by atoms with E-state index in [2.05, 4.69) is 23.4 Å². The first-order valence-corrected chi connectivity index (χ1v) is 9.36.